The number of amidine groups is 1. The van der Waals surface area contributed by atoms with Crippen molar-refractivity contribution in [1.29, 1.82) is 5.41 Å². The Morgan fingerprint density at radius 3 is 3.00 bits per heavy atom. The highest BCUT2D eigenvalue weighted by atomic mass is 32.2. The van der Waals surface area contributed by atoms with E-state index in [-0.39, 0.29) is 10.7 Å². The summed E-state index contributed by atoms with van der Waals surface area (Å²) in [5.41, 5.74) is 5.39. The lowest BCUT2D eigenvalue weighted by Crippen LogP contribution is -2.43. The molecule has 0 aromatic carbocycles. The molecule has 0 spiro atoms. The zero-order valence-electron chi connectivity index (χ0n) is 8.55. The third kappa shape index (κ3) is 1.69. The van der Waals surface area contributed by atoms with Crippen molar-refractivity contribution in [2.24, 2.45) is 5.73 Å². The van der Waals surface area contributed by atoms with E-state index in [0.717, 1.165) is 6.42 Å². The van der Waals surface area contributed by atoms with Gasteiger partial charge in [0.15, 0.2) is 0 Å². The predicted molar refractivity (Wildman–Crippen MR) is 57.4 cm³/mol. The second-order valence-corrected chi connectivity index (χ2v) is 5.55. The highest BCUT2D eigenvalue weighted by molar-refractivity contribution is 7.89. The molecule has 16 heavy (non-hydrogen) atoms. The Bertz CT molecular complexity index is 481. The van der Waals surface area contributed by atoms with Gasteiger partial charge < -0.3 is 5.73 Å². The fraction of sp³-hybridized carbons (Fsp3) is 0.500. The number of H-pyrrole nitrogens is 1. The number of aromatic amines is 1. The number of hydrogen-bond acceptors (Lipinski definition) is 4. The Kier molecular flexibility index (Phi) is 2.68. The first-order chi connectivity index (χ1) is 7.53. The molecule has 2 rings (SSSR count). The molecule has 4 N–H and O–H groups in total. The van der Waals surface area contributed by atoms with Crippen molar-refractivity contribution >= 4 is 15.9 Å². The fourth-order valence-corrected chi connectivity index (χ4v) is 3.44. The molecule has 0 bridgehead atoms. The Balaban J connectivity index is 2.34. The van der Waals surface area contributed by atoms with Gasteiger partial charge in [0, 0.05) is 12.7 Å². The number of nitrogens with one attached hydrogen (secondary N) is 2. The molecule has 0 aliphatic carbocycles. The lowest BCUT2D eigenvalue weighted by atomic mass is 10.2. The summed E-state index contributed by atoms with van der Waals surface area (Å²) in [6.45, 7) is 0.401. The van der Waals surface area contributed by atoms with Gasteiger partial charge in [-0.3, -0.25) is 10.5 Å². The minimum Gasteiger partial charge on any atom is -0.386 e. The van der Waals surface area contributed by atoms with Crippen LogP contribution in [0.5, 0.6) is 0 Å². The Morgan fingerprint density at radius 2 is 2.44 bits per heavy atom. The molecule has 1 fully saturated rings. The molecule has 0 saturated carbocycles. The summed E-state index contributed by atoms with van der Waals surface area (Å²) < 4.78 is 25.5. The molecule has 1 aromatic heterocycles. The van der Waals surface area contributed by atoms with E-state index in [0.29, 0.717) is 13.0 Å². The van der Waals surface area contributed by atoms with Gasteiger partial charge in [-0.15, -0.1) is 0 Å². The van der Waals surface area contributed by atoms with Crippen LogP contribution in [0.4, 0.5) is 0 Å². The van der Waals surface area contributed by atoms with E-state index >= 15 is 0 Å². The number of sulfonamides is 1. The van der Waals surface area contributed by atoms with Gasteiger partial charge in [-0.25, -0.2) is 8.42 Å². The average molecular weight is 243 g/mol. The van der Waals surface area contributed by atoms with Crippen molar-refractivity contribution in [3.05, 3.63) is 12.4 Å². The quantitative estimate of drug-likeness (QED) is 0.490. The minimum absolute atomic E-state index is 0.107. The van der Waals surface area contributed by atoms with Gasteiger partial charge in [-0.05, 0) is 12.8 Å². The third-order valence-corrected chi connectivity index (χ3v) is 4.52. The Morgan fingerprint density at radius 1 is 1.69 bits per heavy atom. The van der Waals surface area contributed by atoms with Crippen LogP contribution >= 0.6 is 0 Å². The molecule has 2 heterocycles. The third-order valence-electron chi connectivity index (χ3n) is 2.64. The van der Waals surface area contributed by atoms with E-state index in [4.69, 9.17) is 11.1 Å². The first-order valence-corrected chi connectivity index (χ1v) is 6.32. The standard InChI is InChI=1S/C8H13N5O2S/c9-8(10)7-2-1-3-13(7)16(14,15)6-4-11-12-5-6/h4-5,7H,1-3H2,(H3,9,10)(H,11,12). The second-order valence-electron chi connectivity index (χ2n) is 3.66. The molecule has 7 nitrogen and oxygen atoms in total. The topological polar surface area (TPSA) is 116 Å². The predicted octanol–water partition coefficient (Wildman–Crippen LogP) is -0.501. The molecule has 0 amide bonds. The maximum absolute atomic E-state index is 12.1. The van der Waals surface area contributed by atoms with Crippen LogP contribution in [-0.2, 0) is 10.0 Å². The second kappa shape index (κ2) is 3.87. The van der Waals surface area contributed by atoms with Crippen molar-refractivity contribution in [3.63, 3.8) is 0 Å². The van der Waals surface area contributed by atoms with Crippen LogP contribution in [0.3, 0.4) is 0 Å². The SMILES string of the molecule is N=C(N)C1CCCN1S(=O)(=O)c1cn[nH]c1. The van der Waals surface area contributed by atoms with E-state index in [1.807, 2.05) is 0 Å². The number of hydrogen-bond donors (Lipinski definition) is 3. The number of aromatic nitrogens is 2. The summed E-state index contributed by atoms with van der Waals surface area (Å²) in [5, 5.41) is 13.5. The van der Waals surface area contributed by atoms with Gasteiger partial charge in [0.05, 0.1) is 12.2 Å². The smallest absolute Gasteiger partial charge is 0.246 e. The molecule has 1 saturated heterocycles. The summed E-state index contributed by atoms with van der Waals surface area (Å²) in [6.07, 6.45) is 3.91. The van der Waals surface area contributed by atoms with Crippen molar-refractivity contribution in [1.82, 2.24) is 14.5 Å². The summed E-state index contributed by atoms with van der Waals surface area (Å²) in [5.74, 6) is -0.107. The van der Waals surface area contributed by atoms with Gasteiger partial charge in [-0.2, -0.15) is 9.40 Å². The largest absolute Gasteiger partial charge is 0.386 e. The molecule has 1 aromatic rings. The summed E-state index contributed by atoms with van der Waals surface area (Å²) in [4.78, 5) is 0.112. The van der Waals surface area contributed by atoms with Gasteiger partial charge >= 0.3 is 0 Å². The Labute approximate surface area is 93.2 Å². The molecule has 1 aliphatic rings. The highest BCUT2D eigenvalue weighted by Crippen LogP contribution is 2.25. The van der Waals surface area contributed by atoms with Crippen LogP contribution < -0.4 is 5.73 Å². The lowest BCUT2D eigenvalue weighted by molar-refractivity contribution is 0.443. The normalized spacial score (nSPS) is 22.4. The molecular weight excluding hydrogens is 230 g/mol. The van der Waals surface area contributed by atoms with E-state index in [9.17, 15) is 8.42 Å². The summed E-state index contributed by atoms with van der Waals surface area (Å²) in [6, 6.07) is -0.514. The maximum atomic E-state index is 12.1. The molecule has 1 unspecified atom stereocenters. The van der Waals surface area contributed by atoms with Crippen molar-refractivity contribution in [2.75, 3.05) is 6.54 Å². The van der Waals surface area contributed by atoms with Crippen LogP contribution in [0.25, 0.3) is 0 Å². The van der Waals surface area contributed by atoms with Gasteiger partial charge in [0.25, 0.3) is 0 Å². The van der Waals surface area contributed by atoms with Crippen LogP contribution in [-0.4, -0.2) is 41.3 Å². The van der Waals surface area contributed by atoms with E-state index in [2.05, 4.69) is 10.2 Å². The number of rotatable bonds is 3. The molecule has 1 atom stereocenters. The van der Waals surface area contributed by atoms with Crippen molar-refractivity contribution in [3.8, 4) is 0 Å². The molecule has 1 aliphatic heterocycles. The monoisotopic (exact) mass is 243 g/mol. The molecule has 8 heteroatoms. The van der Waals surface area contributed by atoms with E-state index in [1.54, 1.807) is 0 Å². The first-order valence-electron chi connectivity index (χ1n) is 4.88. The van der Waals surface area contributed by atoms with Crippen LogP contribution in [0.15, 0.2) is 17.3 Å². The van der Waals surface area contributed by atoms with Gasteiger partial charge in [0.2, 0.25) is 10.0 Å². The number of nitrogens with two attached hydrogens (primary N) is 1. The van der Waals surface area contributed by atoms with Crippen LogP contribution in [0, 0.1) is 5.41 Å². The zero-order chi connectivity index (χ0) is 11.8. The van der Waals surface area contributed by atoms with Crippen molar-refractivity contribution < 1.29 is 8.42 Å². The van der Waals surface area contributed by atoms with Crippen LogP contribution in [0.2, 0.25) is 0 Å². The highest BCUT2D eigenvalue weighted by Gasteiger charge is 2.37. The van der Waals surface area contributed by atoms with Crippen LogP contribution in [0.1, 0.15) is 12.8 Å². The first kappa shape index (κ1) is 11.1. The number of nitrogens with zero attached hydrogens (tertiary/aromatic N) is 2. The average Bonchev–Trinajstić information content (AvgIpc) is 2.89. The minimum atomic E-state index is -3.57. The van der Waals surface area contributed by atoms with Gasteiger partial charge in [-0.1, -0.05) is 0 Å². The molecule has 0 radical (unpaired) electrons. The fourth-order valence-electron chi connectivity index (χ4n) is 1.85. The van der Waals surface area contributed by atoms with Crippen molar-refractivity contribution in [2.45, 2.75) is 23.8 Å². The van der Waals surface area contributed by atoms with E-state index < -0.39 is 16.1 Å². The maximum Gasteiger partial charge on any atom is 0.246 e. The molecular formula is C8H13N5O2S. The Hall–Kier alpha value is -1.41. The lowest BCUT2D eigenvalue weighted by Gasteiger charge is -2.21. The zero-order valence-corrected chi connectivity index (χ0v) is 9.37. The van der Waals surface area contributed by atoms with E-state index in [1.165, 1.54) is 16.7 Å². The summed E-state index contributed by atoms with van der Waals surface area (Å²) in [7, 11) is -3.57. The van der Waals surface area contributed by atoms with Gasteiger partial charge in [0.1, 0.15) is 10.7 Å². The molecule has 88 valence electrons. The summed E-state index contributed by atoms with van der Waals surface area (Å²) >= 11 is 0.